The summed E-state index contributed by atoms with van der Waals surface area (Å²) in [6.07, 6.45) is 2.97. The number of nitrogens with zero attached hydrogens (tertiary/aromatic N) is 3. The fourth-order valence-electron chi connectivity index (χ4n) is 4.11. The van der Waals surface area contributed by atoms with Crippen molar-refractivity contribution in [2.75, 3.05) is 26.2 Å². The number of ether oxygens (including phenoxy) is 1. The Labute approximate surface area is 184 Å². The molecule has 2 heterocycles. The standard InChI is InChI=1S/C21H25F3N6O2/c22-21(23,24)32-19-4-1-3-15(9-19)16-5-8-29(12-16)20(31)28-17-10-18(30(13-17)14-26)11-27-7-2-6-25/h1-4,6-7,9,16-18,25,27H,5,8,10-13H2,(H,28,31)/b7-2-,25-6?/t16?,17?,18-/m0/s1. The Morgan fingerprint density at radius 1 is 1.38 bits per heavy atom. The van der Waals surface area contributed by atoms with Crippen LogP contribution in [0.4, 0.5) is 18.0 Å². The van der Waals surface area contributed by atoms with Gasteiger partial charge in [0, 0.05) is 38.3 Å². The second kappa shape index (κ2) is 10.3. The van der Waals surface area contributed by atoms with E-state index >= 15 is 0 Å². The number of rotatable bonds is 7. The second-order valence-electron chi connectivity index (χ2n) is 7.77. The first-order chi connectivity index (χ1) is 15.3. The molecule has 2 amide bonds. The average molecular weight is 450 g/mol. The predicted octanol–water partition coefficient (Wildman–Crippen LogP) is 2.76. The van der Waals surface area contributed by atoms with Crippen LogP contribution in [-0.4, -0.2) is 66.7 Å². The van der Waals surface area contributed by atoms with Crippen molar-refractivity contribution in [3.63, 3.8) is 0 Å². The molecule has 2 aliphatic rings. The Kier molecular flexibility index (Phi) is 7.45. The summed E-state index contributed by atoms with van der Waals surface area (Å²) in [6, 6.07) is 5.39. The van der Waals surface area contributed by atoms with Gasteiger partial charge < -0.3 is 30.6 Å². The number of hydrogen-bond donors (Lipinski definition) is 3. The first kappa shape index (κ1) is 23.2. The molecule has 0 aromatic heterocycles. The van der Waals surface area contributed by atoms with Crippen molar-refractivity contribution < 1.29 is 22.7 Å². The number of nitrogens with one attached hydrogen (secondary N) is 3. The van der Waals surface area contributed by atoms with Crippen molar-refractivity contribution in [3.8, 4) is 11.9 Å². The van der Waals surface area contributed by atoms with Crippen molar-refractivity contribution in [1.29, 1.82) is 10.7 Å². The predicted molar refractivity (Wildman–Crippen MR) is 111 cm³/mol. The SMILES string of the molecule is N#CN1CC(NC(=O)N2CCC(c3cccc(OC(F)(F)F)c3)C2)C[C@H]1CN/C=C\C=N. The van der Waals surface area contributed by atoms with Gasteiger partial charge in [0.05, 0.1) is 12.1 Å². The van der Waals surface area contributed by atoms with Crippen LogP contribution < -0.4 is 15.4 Å². The number of likely N-dealkylation sites (tertiary alicyclic amines) is 2. The number of hydrogen-bond acceptors (Lipinski definition) is 6. The van der Waals surface area contributed by atoms with Crippen LogP contribution in [-0.2, 0) is 0 Å². The molecule has 2 saturated heterocycles. The molecular formula is C21H25F3N6O2. The van der Waals surface area contributed by atoms with E-state index in [-0.39, 0.29) is 29.8 Å². The number of nitriles is 1. The highest BCUT2D eigenvalue weighted by Crippen LogP contribution is 2.31. The van der Waals surface area contributed by atoms with E-state index in [1.165, 1.54) is 18.2 Å². The molecule has 2 fully saturated rings. The number of urea groups is 1. The lowest BCUT2D eigenvalue weighted by Gasteiger charge is -2.20. The van der Waals surface area contributed by atoms with Gasteiger partial charge in [-0.25, -0.2) is 4.79 Å². The third kappa shape index (κ3) is 6.29. The maximum atomic E-state index is 12.7. The zero-order valence-electron chi connectivity index (χ0n) is 17.3. The monoisotopic (exact) mass is 450 g/mol. The van der Waals surface area contributed by atoms with Gasteiger partial charge in [-0.2, -0.15) is 5.26 Å². The molecule has 32 heavy (non-hydrogen) atoms. The Morgan fingerprint density at radius 3 is 2.91 bits per heavy atom. The zero-order chi connectivity index (χ0) is 23.1. The molecule has 0 saturated carbocycles. The first-order valence-corrected chi connectivity index (χ1v) is 10.3. The fraction of sp³-hybridized carbons (Fsp3) is 0.476. The molecule has 0 bridgehead atoms. The van der Waals surface area contributed by atoms with Crippen molar-refractivity contribution in [2.24, 2.45) is 0 Å². The summed E-state index contributed by atoms with van der Waals surface area (Å²) in [5.41, 5.74) is 0.697. The van der Waals surface area contributed by atoms with Gasteiger partial charge >= 0.3 is 12.4 Å². The number of amides is 2. The quantitative estimate of drug-likeness (QED) is 0.438. The van der Waals surface area contributed by atoms with Gasteiger partial charge in [0.1, 0.15) is 5.75 Å². The summed E-state index contributed by atoms with van der Waals surface area (Å²) in [5.74, 6) is -0.343. The van der Waals surface area contributed by atoms with E-state index in [1.807, 2.05) is 0 Å². The van der Waals surface area contributed by atoms with Crippen LogP contribution in [0.15, 0.2) is 36.5 Å². The van der Waals surface area contributed by atoms with Crippen LogP contribution in [0.3, 0.4) is 0 Å². The summed E-state index contributed by atoms with van der Waals surface area (Å²) in [4.78, 5) is 16.0. The van der Waals surface area contributed by atoms with Crippen molar-refractivity contribution in [3.05, 3.63) is 42.1 Å². The Hall–Kier alpha value is -3.42. The molecule has 0 spiro atoms. The van der Waals surface area contributed by atoms with Gasteiger partial charge in [-0.15, -0.1) is 13.2 Å². The summed E-state index contributed by atoms with van der Waals surface area (Å²) in [7, 11) is 0. The minimum absolute atomic E-state index is 0.0663. The minimum atomic E-state index is -4.75. The fourth-order valence-corrected chi connectivity index (χ4v) is 4.11. The molecule has 0 radical (unpaired) electrons. The van der Waals surface area contributed by atoms with Gasteiger partial charge in [0.2, 0.25) is 0 Å². The molecule has 2 unspecified atom stereocenters. The normalized spacial score (nSPS) is 23.2. The van der Waals surface area contributed by atoms with E-state index < -0.39 is 6.36 Å². The van der Waals surface area contributed by atoms with Crippen LogP contribution >= 0.6 is 0 Å². The number of carbonyl (C=O) groups is 1. The van der Waals surface area contributed by atoms with Crippen molar-refractivity contribution in [2.45, 2.75) is 37.2 Å². The van der Waals surface area contributed by atoms with Crippen LogP contribution in [0.2, 0.25) is 0 Å². The largest absolute Gasteiger partial charge is 0.573 e. The minimum Gasteiger partial charge on any atom is -0.406 e. The molecule has 0 aliphatic carbocycles. The zero-order valence-corrected chi connectivity index (χ0v) is 17.3. The van der Waals surface area contributed by atoms with E-state index in [2.05, 4.69) is 21.6 Å². The van der Waals surface area contributed by atoms with Gasteiger partial charge in [-0.05, 0) is 42.8 Å². The molecule has 3 rings (SSSR count). The number of allylic oxidation sites excluding steroid dienone is 1. The second-order valence-corrected chi connectivity index (χ2v) is 7.77. The third-order valence-corrected chi connectivity index (χ3v) is 5.57. The Balaban J connectivity index is 1.52. The van der Waals surface area contributed by atoms with E-state index in [9.17, 15) is 23.2 Å². The van der Waals surface area contributed by atoms with E-state index in [0.29, 0.717) is 44.6 Å². The Morgan fingerprint density at radius 2 is 2.19 bits per heavy atom. The summed E-state index contributed by atoms with van der Waals surface area (Å²) in [6.45, 7) is 1.83. The van der Waals surface area contributed by atoms with E-state index in [4.69, 9.17) is 5.41 Å². The molecule has 3 atom stereocenters. The lowest BCUT2D eigenvalue weighted by atomic mass is 9.98. The molecule has 1 aromatic rings. The first-order valence-electron chi connectivity index (χ1n) is 10.3. The van der Waals surface area contributed by atoms with Crippen molar-refractivity contribution >= 4 is 12.2 Å². The number of halogens is 3. The highest BCUT2D eigenvalue weighted by atomic mass is 19.4. The molecule has 11 heteroatoms. The molecule has 1 aromatic carbocycles. The summed E-state index contributed by atoms with van der Waals surface area (Å²) in [5, 5.41) is 22.3. The van der Waals surface area contributed by atoms with Gasteiger partial charge in [0.25, 0.3) is 0 Å². The number of carbonyl (C=O) groups excluding carboxylic acids is 1. The number of alkyl halides is 3. The highest BCUT2D eigenvalue weighted by Gasteiger charge is 2.35. The lowest BCUT2D eigenvalue weighted by molar-refractivity contribution is -0.274. The van der Waals surface area contributed by atoms with Crippen LogP contribution in [0, 0.1) is 16.9 Å². The Bertz CT molecular complexity index is 885. The third-order valence-electron chi connectivity index (χ3n) is 5.57. The molecule has 8 nitrogen and oxygen atoms in total. The van der Waals surface area contributed by atoms with Gasteiger partial charge in [0.15, 0.2) is 6.19 Å². The maximum Gasteiger partial charge on any atom is 0.573 e. The van der Waals surface area contributed by atoms with Crippen LogP contribution in [0.5, 0.6) is 5.75 Å². The lowest BCUT2D eigenvalue weighted by Crippen LogP contribution is -2.44. The molecule has 172 valence electrons. The summed E-state index contributed by atoms with van der Waals surface area (Å²) < 4.78 is 41.4. The number of benzene rings is 1. The molecule has 3 N–H and O–H groups in total. The maximum absolute atomic E-state index is 12.7. The molecule has 2 aliphatic heterocycles. The van der Waals surface area contributed by atoms with E-state index in [1.54, 1.807) is 28.1 Å². The highest BCUT2D eigenvalue weighted by molar-refractivity contribution is 5.75. The van der Waals surface area contributed by atoms with Crippen molar-refractivity contribution in [1.82, 2.24) is 20.4 Å². The summed E-state index contributed by atoms with van der Waals surface area (Å²) >= 11 is 0. The van der Waals surface area contributed by atoms with Gasteiger partial charge in [-0.3, -0.25) is 0 Å². The topological polar surface area (TPSA) is 104 Å². The smallest absolute Gasteiger partial charge is 0.406 e. The van der Waals surface area contributed by atoms with E-state index in [0.717, 1.165) is 6.21 Å². The van der Waals surface area contributed by atoms with Crippen LogP contribution in [0.1, 0.15) is 24.3 Å². The van der Waals surface area contributed by atoms with Crippen LogP contribution in [0.25, 0.3) is 0 Å². The average Bonchev–Trinajstić information content (AvgIpc) is 3.37. The molecular weight excluding hydrogens is 425 g/mol. The van der Waals surface area contributed by atoms with Gasteiger partial charge in [-0.1, -0.05) is 12.1 Å².